The molecular formula is C21H21N5O. The molecule has 1 aliphatic rings. The van der Waals surface area contributed by atoms with Crippen molar-refractivity contribution in [2.45, 2.75) is 19.3 Å². The first-order chi connectivity index (χ1) is 13.3. The van der Waals surface area contributed by atoms with Crippen LogP contribution in [0, 0.1) is 11.3 Å². The number of anilines is 1. The van der Waals surface area contributed by atoms with Gasteiger partial charge in [-0.25, -0.2) is 0 Å². The molecule has 4 rings (SSSR count). The Morgan fingerprint density at radius 1 is 1.11 bits per heavy atom. The zero-order valence-electron chi connectivity index (χ0n) is 15.2. The summed E-state index contributed by atoms with van der Waals surface area (Å²) in [6.45, 7) is 4.30. The van der Waals surface area contributed by atoms with Crippen molar-refractivity contribution in [3.8, 4) is 17.5 Å². The molecule has 3 aromatic rings. The molecule has 0 bridgehead atoms. The van der Waals surface area contributed by atoms with E-state index in [-0.39, 0.29) is 0 Å². The minimum Gasteiger partial charge on any atom is -0.494 e. The number of aromatic nitrogens is 3. The highest BCUT2D eigenvalue weighted by atomic mass is 16.5. The van der Waals surface area contributed by atoms with E-state index in [9.17, 15) is 5.26 Å². The summed E-state index contributed by atoms with van der Waals surface area (Å²) in [7, 11) is 0. The lowest BCUT2D eigenvalue weighted by Gasteiger charge is -2.15. The van der Waals surface area contributed by atoms with E-state index in [0.717, 1.165) is 30.9 Å². The van der Waals surface area contributed by atoms with E-state index in [1.807, 2.05) is 37.3 Å². The van der Waals surface area contributed by atoms with E-state index in [4.69, 9.17) is 4.74 Å². The molecular weight excluding hydrogens is 338 g/mol. The quantitative estimate of drug-likeness (QED) is 0.697. The van der Waals surface area contributed by atoms with Crippen molar-refractivity contribution in [3.05, 3.63) is 65.9 Å². The molecule has 0 aliphatic carbocycles. The van der Waals surface area contributed by atoms with Crippen molar-refractivity contribution < 1.29 is 4.74 Å². The Kier molecular flexibility index (Phi) is 4.75. The summed E-state index contributed by atoms with van der Waals surface area (Å²) in [5, 5.41) is 18.5. The lowest BCUT2D eigenvalue weighted by atomic mass is 9.99. The number of nitrogens with zero attached hydrogens (tertiary/aromatic N) is 5. The van der Waals surface area contributed by atoms with Crippen LogP contribution in [-0.4, -0.2) is 34.7 Å². The van der Waals surface area contributed by atoms with Crippen LogP contribution in [-0.2, 0) is 0 Å². The molecule has 6 nitrogen and oxygen atoms in total. The largest absolute Gasteiger partial charge is 0.494 e. The van der Waals surface area contributed by atoms with Crippen molar-refractivity contribution in [1.82, 2.24) is 15.0 Å². The molecule has 2 aromatic carbocycles. The van der Waals surface area contributed by atoms with Crippen LogP contribution in [0.3, 0.4) is 0 Å². The first-order valence-electron chi connectivity index (χ1n) is 9.19. The Bertz CT molecular complexity index is 943. The van der Waals surface area contributed by atoms with Crippen LogP contribution >= 0.6 is 0 Å². The van der Waals surface area contributed by atoms with Crippen LogP contribution in [0.4, 0.5) is 5.82 Å². The Labute approximate surface area is 158 Å². The highest BCUT2D eigenvalue weighted by Gasteiger charge is 2.28. The average molecular weight is 359 g/mol. The molecule has 0 saturated carbocycles. The van der Waals surface area contributed by atoms with Crippen LogP contribution in [0.1, 0.15) is 30.5 Å². The maximum absolute atomic E-state index is 9.52. The fraction of sp³-hybridized carbons (Fsp3) is 0.286. The van der Waals surface area contributed by atoms with E-state index in [2.05, 4.69) is 45.4 Å². The van der Waals surface area contributed by atoms with E-state index in [1.54, 1.807) is 0 Å². The van der Waals surface area contributed by atoms with Crippen molar-refractivity contribution in [3.63, 3.8) is 0 Å². The normalized spacial score (nSPS) is 16.3. The van der Waals surface area contributed by atoms with Crippen LogP contribution in [0.15, 0.2) is 54.6 Å². The number of hydrogen-bond acceptors (Lipinski definition) is 5. The molecule has 6 heteroatoms. The van der Waals surface area contributed by atoms with Gasteiger partial charge in [-0.2, -0.15) is 5.26 Å². The lowest BCUT2D eigenvalue weighted by Crippen LogP contribution is -2.20. The predicted molar refractivity (Wildman–Crippen MR) is 103 cm³/mol. The summed E-state index contributed by atoms with van der Waals surface area (Å²) in [5.74, 6) is 1.91. The maximum atomic E-state index is 9.52. The third kappa shape index (κ3) is 3.49. The van der Waals surface area contributed by atoms with Crippen LogP contribution in [0.2, 0.25) is 0 Å². The van der Waals surface area contributed by atoms with E-state index >= 15 is 0 Å². The SMILES string of the molecule is CCOc1ccc(-n2nc(C#N)c(N3CCC(c4ccccc4)C3)n2)cc1. The molecule has 0 radical (unpaired) electrons. The standard InChI is InChI=1S/C21H21N5O/c1-2-27-19-10-8-18(9-11-19)26-23-20(14-22)21(24-26)25-13-12-17(15-25)16-6-4-3-5-7-16/h3-11,17H,2,12-13,15H2,1H3. The second-order valence-electron chi connectivity index (χ2n) is 6.54. The van der Waals surface area contributed by atoms with Crippen LogP contribution in [0.5, 0.6) is 5.75 Å². The van der Waals surface area contributed by atoms with Gasteiger partial charge in [-0.1, -0.05) is 30.3 Å². The molecule has 1 unspecified atom stereocenters. The smallest absolute Gasteiger partial charge is 0.207 e. The van der Waals surface area contributed by atoms with Gasteiger partial charge in [0, 0.05) is 19.0 Å². The molecule has 0 spiro atoms. The molecule has 136 valence electrons. The van der Waals surface area contributed by atoms with E-state index < -0.39 is 0 Å². The van der Waals surface area contributed by atoms with Gasteiger partial charge in [0.25, 0.3) is 0 Å². The summed E-state index contributed by atoms with van der Waals surface area (Å²) in [6, 6.07) is 20.2. The summed E-state index contributed by atoms with van der Waals surface area (Å²) in [5.41, 5.74) is 2.50. The number of nitriles is 1. The highest BCUT2D eigenvalue weighted by Crippen LogP contribution is 2.31. The average Bonchev–Trinajstić information content (AvgIpc) is 3.36. The Morgan fingerprint density at radius 3 is 2.59 bits per heavy atom. The second-order valence-corrected chi connectivity index (χ2v) is 6.54. The zero-order chi connectivity index (χ0) is 18.6. The van der Waals surface area contributed by atoms with Crippen molar-refractivity contribution in [1.29, 1.82) is 5.26 Å². The van der Waals surface area contributed by atoms with Crippen molar-refractivity contribution in [2.24, 2.45) is 0 Å². The minimum atomic E-state index is 0.359. The fourth-order valence-electron chi connectivity index (χ4n) is 3.49. The number of rotatable bonds is 5. The Morgan fingerprint density at radius 2 is 1.89 bits per heavy atom. The topological polar surface area (TPSA) is 67.0 Å². The Hall–Kier alpha value is -3.33. The number of ether oxygens (including phenoxy) is 1. The predicted octanol–water partition coefficient (Wildman–Crippen LogP) is 3.53. The third-order valence-corrected chi connectivity index (χ3v) is 4.84. The van der Waals surface area contributed by atoms with Gasteiger partial charge < -0.3 is 9.64 Å². The molecule has 1 fully saturated rings. The minimum absolute atomic E-state index is 0.359. The first kappa shape index (κ1) is 17.1. The maximum Gasteiger partial charge on any atom is 0.207 e. The van der Waals surface area contributed by atoms with Gasteiger partial charge in [-0.05, 0) is 43.2 Å². The van der Waals surface area contributed by atoms with Gasteiger partial charge in [-0.3, -0.25) is 0 Å². The van der Waals surface area contributed by atoms with E-state index in [0.29, 0.717) is 24.0 Å². The Balaban J connectivity index is 1.56. The molecule has 1 saturated heterocycles. The van der Waals surface area contributed by atoms with E-state index in [1.165, 1.54) is 10.4 Å². The second kappa shape index (κ2) is 7.50. The third-order valence-electron chi connectivity index (χ3n) is 4.84. The molecule has 0 amide bonds. The van der Waals surface area contributed by atoms with Gasteiger partial charge in [-0.15, -0.1) is 15.0 Å². The van der Waals surface area contributed by atoms with Gasteiger partial charge in [0.1, 0.15) is 11.8 Å². The van der Waals surface area contributed by atoms with Gasteiger partial charge >= 0.3 is 0 Å². The zero-order valence-corrected chi connectivity index (χ0v) is 15.2. The van der Waals surface area contributed by atoms with Crippen molar-refractivity contribution in [2.75, 3.05) is 24.6 Å². The van der Waals surface area contributed by atoms with Gasteiger partial charge in [0.05, 0.1) is 12.3 Å². The first-order valence-corrected chi connectivity index (χ1v) is 9.19. The summed E-state index contributed by atoms with van der Waals surface area (Å²) in [6.07, 6.45) is 1.05. The highest BCUT2D eigenvalue weighted by molar-refractivity contribution is 5.52. The monoisotopic (exact) mass is 359 g/mol. The van der Waals surface area contributed by atoms with Crippen molar-refractivity contribution >= 4 is 5.82 Å². The lowest BCUT2D eigenvalue weighted by molar-refractivity contribution is 0.340. The summed E-state index contributed by atoms with van der Waals surface area (Å²) < 4.78 is 5.47. The number of hydrogen-bond donors (Lipinski definition) is 0. The summed E-state index contributed by atoms with van der Waals surface area (Å²) in [4.78, 5) is 3.69. The molecule has 0 N–H and O–H groups in total. The molecule has 1 atom stereocenters. The fourth-order valence-corrected chi connectivity index (χ4v) is 3.49. The molecule has 27 heavy (non-hydrogen) atoms. The van der Waals surface area contributed by atoms with Gasteiger partial charge in [0.15, 0.2) is 5.82 Å². The van der Waals surface area contributed by atoms with Crippen LogP contribution in [0.25, 0.3) is 5.69 Å². The number of benzene rings is 2. The molecule has 2 heterocycles. The summed E-state index contributed by atoms with van der Waals surface area (Å²) >= 11 is 0. The molecule has 1 aromatic heterocycles. The van der Waals surface area contributed by atoms with Crippen LogP contribution < -0.4 is 9.64 Å². The molecule has 1 aliphatic heterocycles. The van der Waals surface area contributed by atoms with Gasteiger partial charge in [0.2, 0.25) is 5.69 Å².